The van der Waals surface area contributed by atoms with Crippen molar-refractivity contribution in [3.05, 3.63) is 69.8 Å². The van der Waals surface area contributed by atoms with E-state index in [9.17, 15) is 23.3 Å². The highest BCUT2D eigenvalue weighted by atomic mass is 32.2. The smallest absolute Gasteiger partial charge is 0.328 e. The zero-order valence-corrected chi connectivity index (χ0v) is 14.2. The first kappa shape index (κ1) is 17.6. The fourth-order valence-electron chi connectivity index (χ4n) is 2.78. The first-order chi connectivity index (χ1) is 12.3. The molecule has 0 radical (unpaired) electrons. The molecule has 1 aliphatic heterocycles. The molecule has 2 aromatic carbocycles. The number of sulfonamides is 1. The van der Waals surface area contributed by atoms with Crippen molar-refractivity contribution in [2.45, 2.75) is 11.3 Å². The summed E-state index contributed by atoms with van der Waals surface area (Å²) in [6.07, 6.45) is 2.95. The zero-order chi connectivity index (χ0) is 18.9. The summed E-state index contributed by atoms with van der Waals surface area (Å²) in [5.74, 6) is -1.06. The monoisotopic (exact) mass is 374 g/mol. The van der Waals surface area contributed by atoms with E-state index in [0.29, 0.717) is 17.7 Å². The molecule has 26 heavy (non-hydrogen) atoms. The van der Waals surface area contributed by atoms with E-state index in [1.54, 1.807) is 18.2 Å². The SMILES string of the molecule is O=C(O)C=Cc1ccc2c(c1)CCN2S(=O)(=O)c1ccc([N+](=O)[O-])cc1. The number of rotatable bonds is 5. The lowest BCUT2D eigenvalue weighted by atomic mass is 10.1. The molecule has 2 aromatic rings. The molecule has 0 saturated carbocycles. The minimum Gasteiger partial charge on any atom is -0.478 e. The summed E-state index contributed by atoms with van der Waals surface area (Å²) in [7, 11) is -3.83. The Morgan fingerprint density at radius 1 is 1.19 bits per heavy atom. The number of aliphatic carboxylic acids is 1. The summed E-state index contributed by atoms with van der Waals surface area (Å²) in [5, 5.41) is 19.4. The molecule has 1 N–H and O–H groups in total. The van der Waals surface area contributed by atoms with Crippen molar-refractivity contribution >= 4 is 33.4 Å². The van der Waals surface area contributed by atoms with Crippen LogP contribution in [-0.2, 0) is 21.2 Å². The Morgan fingerprint density at radius 2 is 1.88 bits per heavy atom. The molecule has 8 nitrogen and oxygen atoms in total. The summed E-state index contributed by atoms with van der Waals surface area (Å²) in [6, 6.07) is 9.77. The lowest BCUT2D eigenvalue weighted by Gasteiger charge is -2.19. The van der Waals surface area contributed by atoms with Gasteiger partial charge in [-0.1, -0.05) is 6.07 Å². The molecule has 9 heteroatoms. The number of hydrogen-bond donors (Lipinski definition) is 1. The van der Waals surface area contributed by atoms with Gasteiger partial charge in [-0.15, -0.1) is 0 Å². The van der Waals surface area contributed by atoms with Gasteiger partial charge in [0.25, 0.3) is 15.7 Å². The summed E-state index contributed by atoms with van der Waals surface area (Å²) in [6.45, 7) is 0.251. The van der Waals surface area contributed by atoms with E-state index >= 15 is 0 Å². The third kappa shape index (κ3) is 3.29. The maximum atomic E-state index is 12.8. The third-order valence-electron chi connectivity index (χ3n) is 4.01. The average Bonchev–Trinajstić information content (AvgIpc) is 3.04. The van der Waals surface area contributed by atoms with Crippen molar-refractivity contribution in [2.24, 2.45) is 0 Å². The van der Waals surface area contributed by atoms with Crippen LogP contribution in [0.15, 0.2) is 53.4 Å². The molecule has 134 valence electrons. The third-order valence-corrected chi connectivity index (χ3v) is 5.84. The first-order valence-electron chi connectivity index (χ1n) is 7.60. The van der Waals surface area contributed by atoms with Crippen LogP contribution in [0.4, 0.5) is 11.4 Å². The van der Waals surface area contributed by atoms with E-state index in [2.05, 4.69) is 0 Å². The molecule has 0 aromatic heterocycles. The Hall–Kier alpha value is -3.20. The molecular weight excluding hydrogens is 360 g/mol. The van der Waals surface area contributed by atoms with Gasteiger partial charge in [0, 0.05) is 24.8 Å². The maximum absolute atomic E-state index is 12.8. The topological polar surface area (TPSA) is 118 Å². The van der Waals surface area contributed by atoms with E-state index in [0.717, 1.165) is 23.8 Å². The molecule has 1 aliphatic rings. The van der Waals surface area contributed by atoms with Gasteiger partial charge in [-0.25, -0.2) is 13.2 Å². The Bertz CT molecular complexity index is 1010. The van der Waals surface area contributed by atoms with Gasteiger partial charge in [0.2, 0.25) is 0 Å². The number of hydrogen-bond acceptors (Lipinski definition) is 5. The number of nitro benzene ring substituents is 1. The van der Waals surface area contributed by atoms with Gasteiger partial charge in [-0.3, -0.25) is 14.4 Å². The molecule has 0 amide bonds. The number of carboxylic acids is 1. The van der Waals surface area contributed by atoms with Crippen LogP contribution >= 0.6 is 0 Å². The lowest BCUT2D eigenvalue weighted by molar-refractivity contribution is -0.384. The molecule has 0 saturated heterocycles. The number of fused-ring (bicyclic) bond motifs is 1. The maximum Gasteiger partial charge on any atom is 0.328 e. The van der Waals surface area contributed by atoms with Gasteiger partial charge in [0.05, 0.1) is 15.5 Å². The van der Waals surface area contributed by atoms with Crippen molar-refractivity contribution < 1.29 is 23.2 Å². The van der Waals surface area contributed by atoms with Gasteiger partial charge in [-0.05, 0) is 47.9 Å². The molecule has 1 heterocycles. The Morgan fingerprint density at radius 3 is 2.50 bits per heavy atom. The summed E-state index contributed by atoms with van der Waals surface area (Å²) in [5.41, 5.74) is 1.81. The van der Waals surface area contributed by atoms with Crippen molar-refractivity contribution in [3.63, 3.8) is 0 Å². The van der Waals surface area contributed by atoms with Gasteiger partial charge in [0.15, 0.2) is 0 Å². The molecule has 0 aliphatic carbocycles. The van der Waals surface area contributed by atoms with Crippen LogP contribution in [0, 0.1) is 10.1 Å². The van der Waals surface area contributed by atoms with Crippen LogP contribution < -0.4 is 4.31 Å². The van der Waals surface area contributed by atoms with Gasteiger partial charge >= 0.3 is 5.97 Å². The molecule has 0 spiro atoms. The van der Waals surface area contributed by atoms with Crippen molar-refractivity contribution in [2.75, 3.05) is 10.8 Å². The first-order valence-corrected chi connectivity index (χ1v) is 9.04. The molecular formula is C17H14N2O6S. The second-order valence-electron chi connectivity index (χ2n) is 5.64. The Kier molecular flexibility index (Phi) is 4.47. The summed E-state index contributed by atoms with van der Waals surface area (Å²) < 4.78 is 26.9. The van der Waals surface area contributed by atoms with Crippen molar-refractivity contribution in [1.29, 1.82) is 0 Å². The van der Waals surface area contributed by atoms with Crippen molar-refractivity contribution in [3.8, 4) is 0 Å². The molecule has 0 fully saturated rings. The molecule has 0 bridgehead atoms. The predicted octanol–water partition coefficient (Wildman–Crippen LogP) is 2.44. The molecule has 0 unspecified atom stereocenters. The standard InChI is InChI=1S/C17H14N2O6S/c20-17(21)8-2-12-1-7-16-13(11-12)9-10-18(16)26(24,25)15-5-3-14(4-6-15)19(22)23/h1-8,11H,9-10H2,(H,20,21). The number of benzene rings is 2. The van der Waals surface area contributed by atoms with Crippen LogP contribution in [0.25, 0.3) is 6.08 Å². The fraction of sp³-hybridized carbons (Fsp3) is 0.118. The highest BCUT2D eigenvalue weighted by Gasteiger charge is 2.31. The molecule has 3 rings (SSSR count). The number of nitrogens with zero attached hydrogens (tertiary/aromatic N) is 2. The van der Waals surface area contributed by atoms with Crippen LogP contribution in [0.1, 0.15) is 11.1 Å². The minimum absolute atomic E-state index is 0.0224. The highest BCUT2D eigenvalue weighted by Crippen LogP contribution is 2.34. The number of anilines is 1. The summed E-state index contributed by atoms with van der Waals surface area (Å²) in [4.78, 5) is 20.7. The van der Waals surface area contributed by atoms with Crippen LogP contribution in [0.3, 0.4) is 0 Å². The number of carbonyl (C=O) groups is 1. The number of nitro groups is 1. The highest BCUT2D eigenvalue weighted by molar-refractivity contribution is 7.92. The van der Waals surface area contributed by atoms with Crippen LogP contribution in [-0.4, -0.2) is 31.0 Å². The van der Waals surface area contributed by atoms with E-state index < -0.39 is 20.9 Å². The van der Waals surface area contributed by atoms with E-state index in [1.807, 2.05) is 0 Å². The van der Waals surface area contributed by atoms with E-state index in [4.69, 9.17) is 5.11 Å². The minimum atomic E-state index is -3.83. The quantitative estimate of drug-likeness (QED) is 0.488. The van der Waals surface area contributed by atoms with Gasteiger partial charge in [0.1, 0.15) is 0 Å². The summed E-state index contributed by atoms with van der Waals surface area (Å²) >= 11 is 0. The normalized spacial score (nSPS) is 13.8. The van der Waals surface area contributed by atoms with E-state index in [1.165, 1.54) is 22.5 Å². The molecule has 0 atom stereocenters. The second-order valence-corrected chi connectivity index (χ2v) is 7.50. The van der Waals surface area contributed by atoms with Gasteiger partial charge in [-0.2, -0.15) is 0 Å². The van der Waals surface area contributed by atoms with Crippen molar-refractivity contribution in [1.82, 2.24) is 0 Å². The number of carboxylic acid groups (broad SMARTS) is 1. The predicted molar refractivity (Wildman–Crippen MR) is 94.4 cm³/mol. The van der Waals surface area contributed by atoms with Gasteiger partial charge < -0.3 is 5.11 Å². The van der Waals surface area contributed by atoms with E-state index in [-0.39, 0.29) is 17.1 Å². The largest absolute Gasteiger partial charge is 0.478 e. The number of non-ortho nitro benzene ring substituents is 1. The Balaban J connectivity index is 1.92. The lowest BCUT2D eigenvalue weighted by Crippen LogP contribution is -2.29. The average molecular weight is 374 g/mol. The van der Waals surface area contributed by atoms with Crippen LogP contribution in [0.2, 0.25) is 0 Å². The zero-order valence-electron chi connectivity index (χ0n) is 13.4. The fourth-order valence-corrected chi connectivity index (χ4v) is 4.28. The second kappa shape index (κ2) is 6.60. The Labute approximate surface area is 149 Å². The van der Waals surface area contributed by atoms with Crippen LogP contribution in [0.5, 0.6) is 0 Å².